The number of hydrogen-bond donors (Lipinski definition) is 2. The minimum absolute atomic E-state index is 0.163. The first-order chi connectivity index (χ1) is 9.49. The van der Waals surface area contributed by atoms with Crippen LogP contribution in [0.3, 0.4) is 0 Å². The van der Waals surface area contributed by atoms with Crippen molar-refractivity contribution < 1.29 is 9.90 Å². The summed E-state index contributed by atoms with van der Waals surface area (Å²) >= 11 is 5.85. The molecule has 2 aromatic rings. The van der Waals surface area contributed by atoms with Crippen LogP contribution in [-0.4, -0.2) is 11.1 Å². The lowest BCUT2D eigenvalue weighted by atomic mass is 10.0. The van der Waals surface area contributed by atoms with E-state index in [1.165, 1.54) is 6.07 Å². The van der Waals surface area contributed by atoms with Crippen molar-refractivity contribution in [2.75, 3.05) is 5.32 Å². The van der Waals surface area contributed by atoms with E-state index in [9.17, 15) is 9.90 Å². The zero-order valence-electron chi connectivity index (χ0n) is 11.4. The second-order valence-electron chi connectivity index (χ2n) is 4.86. The van der Waals surface area contributed by atoms with Crippen molar-refractivity contribution in [3.63, 3.8) is 0 Å². The maximum Gasteiger partial charge on any atom is 0.337 e. The first-order valence-electron chi connectivity index (χ1n) is 6.38. The summed E-state index contributed by atoms with van der Waals surface area (Å²) in [6.07, 6.45) is 0. The van der Waals surface area contributed by atoms with E-state index < -0.39 is 5.97 Å². The maximum absolute atomic E-state index is 11.3. The molecule has 0 unspecified atom stereocenters. The van der Waals surface area contributed by atoms with Crippen molar-refractivity contribution in [3.8, 4) is 0 Å². The summed E-state index contributed by atoms with van der Waals surface area (Å²) in [6.45, 7) is 4.20. The Labute approximate surface area is 123 Å². The molecule has 20 heavy (non-hydrogen) atoms. The predicted octanol–water partition coefficient (Wildman–Crippen LogP) is 4.91. The van der Waals surface area contributed by atoms with Crippen LogP contribution in [-0.2, 0) is 0 Å². The lowest BCUT2D eigenvalue weighted by Gasteiger charge is -2.16. The van der Waals surface area contributed by atoms with Crippen molar-refractivity contribution >= 4 is 28.9 Å². The Morgan fingerprint density at radius 1 is 1.15 bits per heavy atom. The first kappa shape index (κ1) is 14.4. The Hall–Kier alpha value is -2.00. The quantitative estimate of drug-likeness (QED) is 0.841. The van der Waals surface area contributed by atoms with Gasteiger partial charge in [-0.15, -0.1) is 0 Å². The van der Waals surface area contributed by atoms with Crippen molar-refractivity contribution in [2.45, 2.75) is 19.8 Å². The van der Waals surface area contributed by atoms with Gasteiger partial charge in [-0.1, -0.05) is 43.6 Å². The van der Waals surface area contributed by atoms with Gasteiger partial charge in [0.25, 0.3) is 0 Å². The van der Waals surface area contributed by atoms with Gasteiger partial charge >= 0.3 is 5.97 Å². The van der Waals surface area contributed by atoms with Crippen LogP contribution in [0.2, 0.25) is 5.02 Å². The minimum atomic E-state index is -1.00. The summed E-state index contributed by atoms with van der Waals surface area (Å²) in [5.74, 6) is -0.656. The minimum Gasteiger partial charge on any atom is -0.478 e. The van der Waals surface area contributed by atoms with Gasteiger partial charge in [0.1, 0.15) is 0 Å². The molecule has 0 spiro atoms. The molecular formula is C16H16ClNO2. The molecule has 0 saturated heterocycles. The average molecular weight is 290 g/mol. The number of hydrogen-bond acceptors (Lipinski definition) is 2. The number of carboxylic acid groups (broad SMARTS) is 1. The summed E-state index contributed by atoms with van der Waals surface area (Å²) in [4.78, 5) is 11.3. The molecule has 104 valence electrons. The second-order valence-corrected chi connectivity index (χ2v) is 5.30. The fourth-order valence-electron chi connectivity index (χ4n) is 2.06. The van der Waals surface area contributed by atoms with Gasteiger partial charge in [0.2, 0.25) is 0 Å². The standard InChI is InChI=1S/C16H16ClNO2/c1-10(2)12-5-3-4-6-14(12)18-15-8-7-11(17)9-13(15)16(19)20/h3-10,18H,1-2H3,(H,19,20). The fourth-order valence-corrected chi connectivity index (χ4v) is 2.23. The zero-order chi connectivity index (χ0) is 14.7. The zero-order valence-corrected chi connectivity index (χ0v) is 12.1. The van der Waals surface area contributed by atoms with Crippen molar-refractivity contribution in [1.82, 2.24) is 0 Å². The fraction of sp³-hybridized carbons (Fsp3) is 0.188. The van der Waals surface area contributed by atoms with Crippen LogP contribution in [0.5, 0.6) is 0 Å². The van der Waals surface area contributed by atoms with E-state index in [1.54, 1.807) is 12.1 Å². The molecule has 0 aliphatic rings. The molecule has 0 heterocycles. The van der Waals surface area contributed by atoms with Gasteiger partial charge in [0, 0.05) is 10.7 Å². The molecule has 0 aliphatic carbocycles. The Morgan fingerprint density at radius 3 is 2.50 bits per heavy atom. The molecule has 2 rings (SSSR count). The third-order valence-electron chi connectivity index (χ3n) is 3.06. The summed E-state index contributed by atoms with van der Waals surface area (Å²) < 4.78 is 0. The molecular weight excluding hydrogens is 274 g/mol. The average Bonchev–Trinajstić information content (AvgIpc) is 2.41. The predicted molar refractivity (Wildman–Crippen MR) is 82.2 cm³/mol. The van der Waals surface area contributed by atoms with Crippen molar-refractivity contribution in [2.24, 2.45) is 0 Å². The third kappa shape index (κ3) is 3.11. The van der Waals surface area contributed by atoms with Crippen LogP contribution in [0.25, 0.3) is 0 Å². The molecule has 3 nitrogen and oxygen atoms in total. The highest BCUT2D eigenvalue weighted by molar-refractivity contribution is 6.31. The van der Waals surface area contributed by atoms with Crippen LogP contribution in [0.1, 0.15) is 35.7 Å². The molecule has 0 fully saturated rings. The van der Waals surface area contributed by atoms with Crippen LogP contribution in [0, 0.1) is 0 Å². The molecule has 0 radical (unpaired) electrons. The topological polar surface area (TPSA) is 49.3 Å². The molecule has 4 heteroatoms. The largest absolute Gasteiger partial charge is 0.478 e. The highest BCUT2D eigenvalue weighted by Gasteiger charge is 2.13. The number of halogens is 1. The molecule has 0 aromatic heterocycles. The van der Waals surface area contributed by atoms with Crippen LogP contribution < -0.4 is 5.32 Å². The van der Waals surface area contributed by atoms with E-state index in [2.05, 4.69) is 19.2 Å². The summed E-state index contributed by atoms with van der Waals surface area (Å²) in [5.41, 5.74) is 2.75. The number of nitrogens with one attached hydrogen (secondary N) is 1. The second kappa shape index (κ2) is 5.97. The number of rotatable bonds is 4. The third-order valence-corrected chi connectivity index (χ3v) is 3.30. The monoisotopic (exact) mass is 289 g/mol. The molecule has 2 N–H and O–H groups in total. The molecule has 0 atom stereocenters. The number of para-hydroxylation sites is 1. The SMILES string of the molecule is CC(C)c1ccccc1Nc1ccc(Cl)cc1C(=O)O. The molecule has 2 aromatic carbocycles. The van der Waals surface area contributed by atoms with Gasteiger partial charge in [-0.25, -0.2) is 4.79 Å². The van der Waals surface area contributed by atoms with E-state index in [0.29, 0.717) is 16.6 Å². The number of carboxylic acids is 1. The van der Waals surface area contributed by atoms with E-state index in [1.807, 2.05) is 24.3 Å². The van der Waals surface area contributed by atoms with Crippen LogP contribution in [0.4, 0.5) is 11.4 Å². The van der Waals surface area contributed by atoms with Crippen LogP contribution >= 0.6 is 11.6 Å². The van der Waals surface area contributed by atoms with Crippen molar-refractivity contribution in [1.29, 1.82) is 0 Å². The molecule has 0 saturated carbocycles. The normalized spacial score (nSPS) is 10.6. The number of anilines is 2. The van der Waals surface area contributed by atoms with Gasteiger partial charge in [-0.05, 0) is 35.7 Å². The Bertz CT molecular complexity index is 638. The Balaban J connectivity index is 2.43. The summed E-state index contributed by atoms with van der Waals surface area (Å²) in [6, 6.07) is 12.7. The lowest BCUT2D eigenvalue weighted by molar-refractivity contribution is 0.0698. The number of benzene rings is 2. The van der Waals surface area contributed by atoms with Gasteiger partial charge < -0.3 is 10.4 Å². The smallest absolute Gasteiger partial charge is 0.337 e. The Morgan fingerprint density at radius 2 is 1.85 bits per heavy atom. The highest BCUT2D eigenvalue weighted by Crippen LogP contribution is 2.29. The van der Waals surface area contributed by atoms with Gasteiger partial charge in [0.05, 0.1) is 11.3 Å². The number of carbonyl (C=O) groups is 1. The number of aromatic carboxylic acids is 1. The van der Waals surface area contributed by atoms with Gasteiger partial charge in [-0.3, -0.25) is 0 Å². The van der Waals surface area contributed by atoms with E-state index in [4.69, 9.17) is 11.6 Å². The molecule has 0 aliphatic heterocycles. The maximum atomic E-state index is 11.3. The summed E-state index contributed by atoms with van der Waals surface area (Å²) in [7, 11) is 0. The van der Waals surface area contributed by atoms with E-state index in [0.717, 1.165) is 11.3 Å². The first-order valence-corrected chi connectivity index (χ1v) is 6.75. The lowest BCUT2D eigenvalue weighted by Crippen LogP contribution is -2.04. The van der Waals surface area contributed by atoms with Gasteiger partial charge in [0.15, 0.2) is 0 Å². The van der Waals surface area contributed by atoms with Crippen LogP contribution in [0.15, 0.2) is 42.5 Å². The van der Waals surface area contributed by atoms with E-state index in [-0.39, 0.29) is 5.56 Å². The van der Waals surface area contributed by atoms with Crippen molar-refractivity contribution in [3.05, 3.63) is 58.6 Å². The van der Waals surface area contributed by atoms with E-state index >= 15 is 0 Å². The highest BCUT2D eigenvalue weighted by atomic mass is 35.5. The molecule has 0 amide bonds. The molecule has 0 bridgehead atoms. The Kier molecular flexibility index (Phi) is 4.30. The van der Waals surface area contributed by atoms with Gasteiger partial charge in [-0.2, -0.15) is 0 Å². The summed E-state index contributed by atoms with van der Waals surface area (Å²) in [5, 5.41) is 12.8.